The van der Waals surface area contributed by atoms with Crippen molar-refractivity contribution in [1.29, 1.82) is 0 Å². The van der Waals surface area contributed by atoms with E-state index in [4.69, 9.17) is 0 Å². The lowest BCUT2D eigenvalue weighted by Crippen LogP contribution is -2.30. The Hall–Kier alpha value is -0.620. The number of nitrogens with one attached hydrogen (secondary N) is 2. The van der Waals surface area contributed by atoms with Gasteiger partial charge in [-0.2, -0.15) is 0 Å². The quantitative estimate of drug-likeness (QED) is 0.755. The van der Waals surface area contributed by atoms with Gasteiger partial charge in [0.15, 0.2) is 0 Å². The lowest BCUT2D eigenvalue weighted by molar-refractivity contribution is 0.579. The summed E-state index contributed by atoms with van der Waals surface area (Å²) in [6, 6.07) is 7.10. The maximum atomic E-state index is 11.9. The summed E-state index contributed by atoms with van der Waals surface area (Å²) in [6.45, 7) is 5.30. The molecule has 0 saturated heterocycles. The molecule has 2 N–H and O–H groups in total. The van der Waals surface area contributed by atoms with E-state index in [-0.39, 0.29) is 12.4 Å². The van der Waals surface area contributed by atoms with E-state index in [1.54, 1.807) is 19.2 Å². The molecule has 1 aromatic carbocycles. The lowest BCUT2D eigenvalue weighted by Gasteiger charge is -2.08. The van der Waals surface area contributed by atoms with Crippen molar-refractivity contribution in [3.63, 3.8) is 0 Å². The summed E-state index contributed by atoms with van der Waals surface area (Å²) >= 11 is 0. The second-order valence-electron chi connectivity index (χ2n) is 4.74. The molecular weight excluding hydrogens is 284 g/mol. The van der Waals surface area contributed by atoms with E-state index < -0.39 is 10.0 Å². The molecule has 6 heteroatoms. The Balaban J connectivity index is 0.00000324. The molecule has 0 saturated carbocycles. The highest BCUT2D eigenvalue weighted by molar-refractivity contribution is 7.89. The monoisotopic (exact) mass is 306 g/mol. The Kier molecular flexibility index (Phi) is 8.25. The molecule has 0 aliphatic carbocycles. The molecule has 0 bridgehead atoms. The van der Waals surface area contributed by atoms with Crippen LogP contribution >= 0.6 is 12.4 Å². The lowest BCUT2D eigenvalue weighted by atomic mass is 10.0. The molecule has 4 nitrogen and oxygen atoms in total. The minimum Gasteiger partial charge on any atom is -0.318 e. The van der Waals surface area contributed by atoms with E-state index in [1.807, 2.05) is 12.1 Å². The maximum absolute atomic E-state index is 11.9. The minimum absolute atomic E-state index is 0. The van der Waals surface area contributed by atoms with Gasteiger partial charge in [-0.1, -0.05) is 26.0 Å². The largest absolute Gasteiger partial charge is 0.318 e. The van der Waals surface area contributed by atoms with Gasteiger partial charge in [0.1, 0.15) is 0 Å². The first-order valence-electron chi connectivity index (χ1n) is 6.19. The van der Waals surface area contributed by atoms with Gasteiger partial charge in [-0.05, 0) is 37.1 Å². The molecule has 0 unspecified atom stereocenters. The van der Waals surface area contributed by atoms with E-state index in [2.05, 4.69) is 23.9 Å². The van der Waals surface area contributed by atoms with Crippen LogP contribution in [0.3, 0.4) is 0 Å². The van der Waals surface area contributed by atoms with Gasteiger partial charge in [0.25, 0.3) is 0 Å². The number of halogens is 1. The van der Waals surface area contributed by atoms with Gasteiger partial charge < -0.3 is 5.32 Å². The SMILES string of the molecule is CNCCNS(=O)(=O)c1ccc(CC(C)C)cc1.Cl. The van der Waals surface area contributed by atoms with Gasteiger partial charge >= 0.3 is 0 Å². The molecule has 0 radical (unpaired) electrons. The van der Waals surface area contributed by atoms with Crippen LogP contribution in [0, 0.1) is 5.92 Å². The van der Waals surface area contributed by atoms with Crippen LogP contribution in [0.15, 0.2) is 29.2 Å². The summed E-state index contributed by atoms with van der Waals surface area (Å²) < 4.78 is 26.3. The van der Waals surface area contributed by atoms with Crippen LogP contribution in [-0.4, -0.2) is 28.6 Å². The molecule has 110 valence electrons. The molecule has 19 heavy (non-hydrogen) atoms. The van der Waals surface area contributed by atoms with Crippen molar-refractivity contribution >= 4 is 22.4 Å². The Labute approximate surface area is 122 Å². The second kappa shape index (κ2) is 8.53. The van der Waals surface area contributed by atoms with Crippen LogP contribution in [0.1, 0.15) is 19.4 Å². The van der Waals surface area contributed by atoms with E-state index in [1.165, 1.54) is 5.56 Å². The fourth-order valence-electron chi connectivity index (χ4n) is 1.67. The van der Waals surface area contributed by atoms with E-state index in [9.17, 15) is 8.42 Å². The van der Waals surface area contributed by atoms with Crippen molar-refractivity contribution in [2.75, 3.05) is 20.1 Å². The average Bonchev–Trinajstić information content (AvgIpc) is 2.29. The summed E-state index contributed by atoms with van der Waals surface area (Å²) in [5.74, 6) is 0.571. The molecule has 0 amide bonds. The summed E-state index contributed by atoms with van der Waals surface area (Å²) in [7, 11) is -1.58. The van der Waals surface area contributed by atoms with Crippen LogP contribution < -0.4 is 10.0 Å². The average molecular weight is 307 g/mol. The maximum Gasteiger partial charge on any atom is 0.240 e. The molecule has 1 aromatic rings. The number of benzene rings is 1. The first kappa shape index (κ1) is 18.4. The normalized spacial score (nSPS) is 11.4. The highest BCUT2D eigenvalue weighted by atomic mass is 35.5. The van der Waals surface area contributed by atoms with Crippen molar-refractivity contribution in [1.82, 2.24) is 10.0 Å². The zero-order valence-electron chi connectivity index (χ0n) is 11.6. The number of likely N-dealkylation sites (N-methyl/N-ethyl adjacent to an activating group) is 1. The van der Waals surface area contributed by atoms with Crippen LogP contribution in [0.2, 0.25) is 0 Å². The van der Waals surface area contributed by atoms with Gasteiger partial charge in [0, 0.05) is 13.1 Å². The molecule has 0 spiro atoms. The van der Waals surface area contributed by atoms with Gasteiger partial charge in [-0.3, -0.25) is 0 Å². The zero-order chi connectivity index (χ0) is 13.6. The fraction of sp³-hybridized carbons (Fsp3) is 0.538. The molecule has 0 aliphatic heterocycles. The Morgan fingerprint density at radius 3 is 2.16 bits per heavy atom. The van der Waals surface area contributed by atoms with Crippen molar-refractivity contribution < 1.29 is 8.42 Å². The van der Waals surface area contributed by atoms with Crippen LogP contribution in [0.4, 0.5) is 0 Å². The standard InChI is InChI=1S/C13H22N2O2S.ClH/c1-11(2)10-12-4-6-13(7-5-12)18(16,17)15-9-8-14-3;/h4-7,11,14-15H,8-10H2,1-3H3;1H. The fourth-order valence-corrected chi connectivity index (χ4v) is 2.70. The summed E-state index contributed by atoms with van der Waals surface area (Å²) in [6.07, 6.45) is 0.966. The first-order valence-corrected chi connectivity index (χ1v) is 7.67. The highest BCUT2D eigenvalue weighted by Gasteiger charge is 2.12. The van der Waals surface area contributed by atoms with E-state index in [0.29, 0.717) is 23.9 Å². The Morgan fingerprint density at radius 2 is 1.68 bits per heavy atom. The third kappa shape index (κ3) is 6.38. The predicted octanol–water partition coefficient (Wildman–Crippen LogP) is 1.80. The van der Waals surface area contributed by atoms with Crippen LogP contribution in [-0.2, 0) is 16.4 Å². The molecule has 0 aliphatic rings. The molecular formula is C13H23ClN2O2S. The zero-order valence-corrected chi connectivity index (χ0v) is 13.3. The topological polar surface area (TPSA) is 58.2 Å². The van der Waals surface area contributed by atoms with Crippen LogP contribution in [0.25, 0.3) is 0 Å². The van der Waals surface area contributed by atoms with Gasteiger partial charge in [0.2, 0.25) is 10.0 Å². The van der Waals surface area contributed by atoms with E-state index in [0.717, 1.165) is 6.42 Å². The predicted molar refractivity (Wildman–Crippen MR) is 81.3 cm³/mol. The van der Waals surface area contributed by atoms with Gasteiger partial charge in [-0.15, -0.1) is 12.4 Å². The molecule has 0 atom stereocenters. The van der Waals surface area contributed by atoms with Gasteiger partial charge in [-0.25, -0.2) is 13.1 Å². The highest BCUT2D eigenvalue weighted by Crippen LogP contribution is 2.13. The second-order valence-corrected chi connectivity index (χ2v) is 6.51. The summed E-state index contributed by atoms with van der Waals surface area (Å²) in [5.41, 5.74) is 1.17. The van der Waals surface area contributed by atoms with Crippen molar-refractivity contribution in [3.05, 3.63) is 29.8 Å². The molecule has 0 heterocycles. The third-order valence-electron chi connectivity index (χ3n) is 2.54. The summed E-state index contributed by atoms with van der Waals surface area (Å²) in [5, 5.41) is 2.90. The van der Waals surface area contributed by atoms with Crippen LogP contribution in [0.5, 0.6) is 0 Å². The molecule has 0 fully saturated rings. The molecule has 0 aromatic heterocycles. The Morgan fingerprint density at radius 1 is 1.11 bits per heavy atom. The minimum atomic E-state index is -3.37. The number of hydrogen-bond donors (Lipinski definition) is 2. The molecule has 1 rings (SSSR count). The first-order chi connectivity index (χ1) is 8.45. The number of hydrogen-bond acceptors (Lipinski definition) is 3. The smallest absolute Gasteiger partial charge is 0.240 e. The Bertz CT molecular complexity index is 458. The van der Waals surface area contributed by atoms with Crippen molar-refractivity contribution in [3.8, 4) is 0 Å². The number of rotatable bonds is 7. The van der Waals surface area contributed by atoms with Crippen molar-refractivity contribution in [2.45, 2.75) is 25.2 Å². The van der Waals surface area contributed by atoms with E-state index >= 15 is 0 Å². The summed E-state index contributed by atoms with van der Waals surface area (Å²) in [4.78, 5) is 0.325. The van der Waals surface area contributed by atoms with Gasteiger partial charge in [0.05, 0.1) is 4.90 Å². The third-order valence-corrected chi connectivity index (χ3v) is 4.02. The number of sulfonamides is 1. The van der Waals surface area contributed by atoms with Crippen molar-refractivity contribution in [2.24, 2.45) is 5.92 Å².